The zero-order valence-electron chi connectivity index (χ0n) is 11.6. The number of furan rings is 1. The van der Waals surface area contributed by atoms with Crippen LogP contribution in [0.3, 0.4) is 0 Å². The third-order valence-corrected chi connectivity index (χ3v) is 3.56. The molecule has 0 bridgehead atoms. The van der Waals surface area contributed by atoms with Crippen LogP contribution in [0, 0.1) is 13.2 Å². The Bertz CT molecular complexity index is 666. The van der Waals surface area contributed by atoms with Gasteiger partial charge in [0.1, 0.15) is 5.76 Å². The number of benzene rings is 2. The zero-order chi connectivity index (χ0) is 13.8. The first-order valence-corrected chi connectivity index (χ1v) is 6.89. The summed E-state index contributed by atoms with van der Waals surface area (Å²) in [5.74, 6) is 0.972. The summed E-state index contributed by atoms with van der Waals surface area (Å²) in [7, 11) is 0. The van der Waals surface area contributed by atoms with Gasteiger partial charge in [-0.3, -0.25) is 0 Å². The highest BCUT2D eigenvalue weighted by molar-refractivity contribution is 5.36. The number of hydrogen-bond donors (Lipinski definition) is 0. The van der Waals surface area contributed by atoms with Gasteiger partial charge in [0.15, 0.2) is 6.26 Å². The van der Waals surface area contributed by atoms with Crippen molar-refractivity contribution in [1.29, 1.82) is 0 Å². The molecular formula is C19H17O. The maximum atomic E-state index is 5.52. The van der Waals surface area contributed by atoms with E-state index < -0.39 is 0 Å². The average molecular weight is 261 g/mol. The first-order valence-electron chi connectivity index (χ1n) is 6.89. The lowest BCUT2D eigenvalue weighted by Crippen LogP contribution is -1.95. The smallest absolute Gasteiger partial charge is 0.173 e. The summed E-state index contributed by atoms with van der Waals surface area (Å²) < 4.78 is 5.52. The molecule has 1 heteroatoms. The predicted octanol–water partition coefficient (Wildman–Crippen LogP) is 4.57. The van der Waals surface area contributed by atoms with Crippen LogP contribution in [0.2, 0.25) is 0 Å². The topological polar surface area (TPSA) is 13.1 Å². The molecule has 0 aliphatic rings. The summed E-state index contributed by atoms with van der Waals surface area (Å²) in [6.45, 7) is 2.02. The molecule has 1 heterocycles. The highest BCUT2D eigenvalue weighted by Crippen LogP contribution is 2.22. The second kappa shape index (κ2) is 5.79. The normalized spacial score (nSPS) is 10.7. The van der Waals surface area contributed by atoms with Gasteiger partial charge >= 0.3 is 0 Å². The fourth-order valence-electron chi connectivity index (χ4n) is 2.45. The number of aryl methyl sites for hydroxylation is 1. The van der Waals surface area contributed by atoms with E-state index in [1.165, 1.54) is 16.7 Å². The minimum atomic E-state index is 0.875. The Balaban J connectivity index is 1.86. The van der Waals surface area contributed by atoms with E-state index in [1.54, 1.807) is 0 Å². The van der Waals surface area contributed by atoms with Gasteiger partial charge in [-0.15, -0.1) is 0 Å². The van der Waals surface area contributed by atoms with Crippen LogP contribution in [-0.4, -0.2) is 0 Å². The minimum Gasteiger partial charge on any atom is -0.457 e. The predicted molar refractivity (Wildman–Crippen MR) is 80.8 cm³/mol. The molecule has 3 rings (SSSR count). The lowest BCUT2D eigenvalue weighted by Gasteiger charge is -2.05. The largest absolute Gasteiger partial charge is 0.457 e. The van der Waals surface area contributed by atoms with E-state index in [-0.39, 0.29) is 0 Å². The second-order valence-corrected chi connectivity index (χ2v) is 5.04. The summed E-state index contributed by atoms with van der Waals surface area (Å²) in [4.78, 5) is 0. The molecule has 0 aliphatic carbocycles. The molecule has 2 aromatic carbocycles. The van der Waals surface area contributed by atoms with E-state index in [0.717, 1.165) is 24.2 Å². The van der Waals surface area contributed by atoms with Crippen LogP contribution in [-0.2, 0) is 12.8 Å². The Morgan fingerprint density at radius 3 is 1.95 bits per heavy atom. The average Bonchev–Trinajstić information content (AvgIpc) is 2.83. The van der Waals surface area contributed by atoms with Crippen molar-refractivity contribution in [3.8, 4) is 0 Å². The molecule has 99 valence electrons. The molecule has 3 aromatic rings. The zero-order valence-corrected chi connectivity index (χ0v) is 11.6. The van der Waals surface area contributed by atoms with Crippen molar-refractivity contribution in [3.63, 3.8) is 0 Å². The van der Waals surface area contributed by atoms with Crippen LogP contribution in [0.5, 0.6) is 0 Å². The summed E-state index contributed by atoms with van der Waals surface area (Å²) >= 11 is 0. The highest BCUT2D eigenvalue weighted by atomic mass is 16.3. The van der Waals surface area contributed by atoms with Crippen LogP contribution < -0.4 is 0 Å². The Kier molecular flexibility index (Phi) is 3.69. The lowest BCUT2D eigenvalue weighted by atomic mass is 9.97. The van der Waals surface area contributed by atoms with Crippen LogP contribution in [0.4, 0.5) is 0 Å². The van der Waals surface area contributed by atoms with Crippen LogP contribution in [0.25, 0.3) is 0 Å². The fraction of sp³-hybridized carbons (Fsp3) is 0.158. The van der Waals surface area contributed by atoms with Crippen molar-refractivity contribution in [1.82, 2.24) is 0 Å². The highest BCUT2D eigenvalue weighted by Gasteiger charge is 2.12. The van der Waals surface area contributed by atoms with Crippen LogP contribution in [0.15, 0.2) is 65.1 Å². The molecule has 0 amide bonds. The summed E-state index contributed by atoms with van der Waals surface area (Å²) in [6.07, 6.45) is 4.85. The fourth-order valence-corrected chi connectivity index (χ4v) is 2.45. The van der Waals surface area contributed by atoms with Gasteiger partial charge in [0, 0.05) is 24.0 Å². The molecule has 1 aromatic heterocycles. The number of hydrogen-bond acceptors (Lipinski definition) is 1. The molecule has 1 nitrogen and oxygen atoms in total. The molecule has 0 spiro atoms. The van der Waals surface area contributed by atoms with Gasteiger partial charge in [-0.25, -0.2) is 0 Å². The first-order chi connectivity index (χ1) is 9.83. The minimum absolute atomic E-state index is 0.875. The van der Waals surface area contributed by atoms with E-state index in [4.69, 9.17) is 4.42 Å². The standard InChI is InChI=1S/C19H17O/c1-15-19(13-17-10-6-3-7-11-17)18(14-20-15)12-16-8-4-2-5-9-16/h2-11H,12-13H2,1H3. The molecule has 0 unspecified atom stereocenters. The third kappa shape index (κ3) is 2.83. The lowest BCUT2D eigenvalue weighted by molar-refractivity contribution is 0.521. The maximum absolute atomic E-state index is 5.52. The Hall–Kier alpha value is -2.28. The Morgan fingerprint density at radius 2 is 1.35 bits per heavy atom. The van der Waals surface area contributed by atoms with Crippen LogP contribution in [0.1, 0.15) is 28.0 Å². The van der Waals surface area contributed by atoms with Crippen molar-refractivity contribution < 1.29 is 4.42 Å². The molecule has 20 heavy (non-hydrogen) atoms. The quantitative estimate of drug-likeness (QED) is 0.670. The summed E-state index contributed by atoms with van der Waals surface area (Å²) in [6, 6.07) is 21.0. The van der Waals surface area contributed by atoms with E-state index in [1.807, 2.05) is 19.1 Å². The Labute approximate surface area is 119 Å². The Morgan fingerprint density at radius 1 is 0.800 bits per heavy atom. The molecule has 0 atom stereocenters. The van der Waals surface area contributed by atoms with E-state index in [2.05, 4.69) is 54.8 Å². The summed E-state index contributed by atoms with van der Waals surface area (Å²) in [5.41, 5.74) is 5.02. The molecular weight excluding hydrogens is 244 g/mol. The first kappa shape index (κ1) is 12.7. The van der Waals surface area contributed by atoms with Crippen molar-refractivity contribution in [3.05, 3.63) is 94.9 Å². The molecule has 0 fully saturated rings. The van der Waals surface area contributed by atoms with Gasteiger partial charge < -0.3 is 4.42 Å². The monoisotopic (exact) mass is 261 g/mol. The third-order valence-electron chi connectivity index (χ3n) is 3.56. The molecule has 0 aliphatic heterocycles. The summed E-state index contributed by atoms with van der Waals surface area (Å²) in [5, 5.41) is 0. The van der Waals surface area contributed by atoms with E-state index >= 15 is 0 Å². The van der Waals surface area contributed by atoms with Gasteiger partial charge in [0.2, 0.25) is 0 Å². The second-order valence-electron chi connectivity index (χ2n) is 5.04. The van der Waals surface area contributed by atoms with Crippen molar-refractivity contribution in [2.75, 3.05) is 0 Å². The molecule has 0 saturated heterocycles. The molecule has 0 N–H and O–H groups in total. The van der Waals surface area contributed by atoms with E-state index in [0.29, 0.717) is 0 Å². The van der Waals surface area contributed by atoms with Gasteiger partial charge in [0.05, 0.1) is 0 Å². The van der Waals surface area contributed by atoms with Gasteiger partial charge in [-0.1, -0.05) is 60.7 Å². The van der Waals surface area contributed by atoms with Crippen molar-refractivity contribution >= 4 is 0 Å². The van der Waals surface area contributed by atoms with Gasteiger partial charge in [-0.2, -0.15) is 0 Å². The van der Waals surface area contributed by atoms with Gasteiger partial charge in [0.25, 0.3) is 0 Å². The maximum Gasteiger partial charge on any atom is 0.173 e. The van der Waals surface area contributed by atoms with E-state index in [9.17, 15) is 0 Å². The van der Waals surface area contributed by atoms with Crippen molar-refractivity contribution in [2.24, 2.45) is 0 Å². The molecule has 0 saturated carbocycles. The van der Waals surface area contributed by atoms with Gasteiger partial charge in [-0.05, 0) is 18.1 Å². The van der Waals surface area contributed by atoms with Crippen molar-refractivity contribution in [2.45, 2.75) is 19.8 Å². The number of rotatable bonds is 4. The SMILES string of the molecule is Cc1o[c]c(Cc2ccccc2)c1Cc1ccccc1. The van der Waals surface area contributed by atoms with Crippen LogP contribution >= 0.6 is 0 Å². The molecule has 1 radical (unpaired) electrons.